The molecule has 0 radical (unpaired) electrons. The number of halogens is 1. The number of nitrogens with zero attached hydrogens (tertiary/aromatic N) is 3. The van der Waals surface area contributed by atoms with Crippen LogP contribution < -0.4 is 10.6 Å². The summed E-state index contributed by atoms with van der Waals surface area (Å²) in [5.74, 6) is 0.965. The maximum Gasteiger partial charge on any atom is 0.150 e. The molecule has 0 aliphatic rings. The number of aryl methyl sites for hydroxylation is 2. The van der Waals surface area contributed by atoms with Crippen molar-refractivity contribution in [2.75, 3.05) is 17.7 Å². The smallest absolute Gasteiger partial charge is 0.150 e. The number of benzene rings is 1. The fourth-order valence-electron chi connectivity index (χ4n) is 2.32. The summed E-state index contributed by atoms with van der Waals surface area (Å²) in [6.45, 7) is 6.94. The molecule has 2 N–H and O–H groups in total. The van der Waals surface area contributed by atoms with Gasteiger partial charge in [0, 0.05) is 18.6 Å². The van der Waals surface area contributed by atoms with Crippen LogP contribution in [0.4, 0.5) is 11.5 Å². The van der Waals surface area contributed by atoms with Crippen molar-refractivity contribution in [2.45, 2.75) is 33.4 Å². The summed E-state index contributed by atoms with van der Waals surface area (Å²) < 4.78 is 1.94. The van der Waals surface area contributed by atoms with Crippen LogP contribution in [0.25, 0.3) is 0 Å². The van der Waals surface area contributed by atoms with Gasteiger partial charge in [0.25, 0.3) is 0 Å². The molecular formula is C15H21ClN4. The van der Waals surface area contributed by atoms with Crippen LogP contribution in [0.15, 0.2) is 24.3 Å². The Bertz CT molecular complexity index is 589. The van der Waals surface area contributed by atoms with E-state index in [-0.39, 0.29) is 6.04 Å². The molecule has 20 heavy (non-hydrogen) atoms. The zero-order valence-corrected chi connectivity index (χ0v) is 13.1. The van der Waals surface area contributed by atoms with Gasteiger partial charge in [0.1, 0.15) is 0 Å². The highest BCUT2D eigenvalue weighted by molar-refractivity contribution is 6.30. The van der Waals surface area contributed by atoms with E-state index in [2.05, 4.69) is 23.8 Å². The van der Waals surface area contributed by atoms with Crippen molar-refractivity contribution in [3.8, 4) is 0 Å². The zero-order valence-electron chi connectivity index (χ0n) is 12.4. The Morgan fingerprint density at radius 3 is 2.50 bits per heavy atom. The highest BCUT2D eigenvalue weighted by atomic mass is 35.5. The van der Waals surface area contributed by atoms with Crippen molar-refractivity contribution in [1.82, 2.24) is 9.78 Å². The molecular weight excluding hydrogens is 272 g/mol. The van der Waals surface area contributed by atoms with E-state index in [0.29, 0.717) is 0 Å². The molecule has 0 aliphatic heterocycles. The van der Waals surface area contributed by atoms with E-state index >= 15 is 0 Å². The van der Waals surface area contributed by atoms with Crippen molar-refractivity contribution in [2.24, 2.45) is 0 Å². The summed E-state index contributed by atoms with van der Waals surface area (Å²) in [5.41, 5.74) is 8.98. The van der Waals surface area contributed by atoms with Gasteiger partial charge in [0.15, 0.2) is 5.82 Å². The fraction of sp³-hybridized carbons (Fsp3) is 0.400. The van der Waals surface area contributed by atoms with Gasteiger partial charge < -0.3 is 10.6 Å². The van der Waals surface area contributed by atoms with Gasteiger partial charge in [-0.3, -0.25) is 0 Å². The lowest BCUT2D eigenvalue weighted by Gasteiger charge is -2.28. The van der Waals surface area contributed by atoms with Gasteiger partial charge in [-0.1, -0.05) is 23.7 Å². The SMILES string of the molecule is CCn1nc(C)c(N)c1N(C)C(C)c1ccc(Cl)cc1. The molecule has 0 saturated heterocycles. The molecule has 0 aliphatic carbocycles. The van der Waals surface area contributed by atoms with Crippen LogP contribution >= 0.6 is 11.6 Å². The molecule has 2 aromatic rings. The molecule has 5 heteroatoms. The average molecular weight is 293 g/mol. The topological polar surface area (TPSA) is 47.1 Å². The Hall–Kier alpha value is -1.68. The lowest BCUT2D eigenvalue weighted by Crippen LogP contribution is -2.25. The van der Waals surface area contributed by atoms with Crippen LogP contribution in [0.5, 0.6) is 0 Å². The van der Waals surface area contributed by atoms with E-state index in [0.717, 1.165) is 28.8 Å². The van der Waals surface area contributed by atoms with E-state index in [1.165, 1.54) is 5.56 Å². The first-order valence-electron chi connectivity index (χ1n) is 6.76. The number of hydrogen-bond donors (Lipinski definition) is 1. The number of hydrogen-bond acceptors (Lipinski definition) is 3. The summed E-state index contributed by atoms with van der Waals surface area (Å²) in [6, 6.07) is 8.09. The minimum atomic E-state index is 0.191. The normalized spacial score (nSPS) is 12.4. The molecule has 2 rings (SSSR count). The summed E-state index contributed by atoms with van der Waals surface area (Å²) in [4.78, 5) is 2.15. The second-order valence-electron chi connectivity index (χ2n) is 4.98. The number of aromatic nitrogens is 2. The van der Waals surface area contributed by atoms with Gasteiger partial charge in [-0.15, -0.1) is 0 Å². The molecule has 0 fully saturated rings. The Labute approximate surface area is 125 Å². The molecule has 108 valence electrons. The zero-order chi connectivity index (χ0) is 14.9. The first kappa shape index (κ1) is 14.7. The van der Waals surface area contributed by atoms with Crippen LogP contribution in [-0.2, 0) is 6.54 Å². The minimum Gasteiger partial charge on any atom is -0.394 e. The van der Waals surface area contributed by atoms with Gasteiger partial charge >= 0.3 is 0 Å². The van der Waals surface area contributed by atoms with E-state index in [1.807, 2.05) is 42.9 Å². The highest BCUT2D eigenvalue weighted by Crippen LogP contribution is 2.32. The van der Waals surface area contributed by atoms with Crippen LogP contribution in [0.2, 0.25) is 5.02 Å². The molecule has 0 spiro atoms. The third-order valence-electron chi connectivity index (χ3n) is 3.71. The van der Waals surface area contributed by atoms with Gasteiger partial charge in [-0.2, -0.15) is 5.10 Å². The summed E-state index contributed by atoms with van der Waals surface area (Å²) in [7, 11) is 2.04. The number of rotatable bonds is 4. The molecule has 4 nitrogen and oxygen atoms in total. The van der Waals surface area contributed by atoms with E-state index < -0.39 is 0 Å². The average Bonchev–Trinajstić information content (AvgIpc) is 2.73. The van der Waals surface area contributed by atoms with E-state index in [1.54, 1.807) is 0 Å². The molecule has 1 aromatic heterocycles. The Morgan fingerprint density at radius 2 is 1.95 bits per heavy atom. The Morgan fingerprint density at radius 1 is 1.35 bits per heavy atom. The highest BCUT2D eigenvalue weighted by Gasteiger charge is 2.20. The molecule has 1 atom stereocenters. The van der Waals surface area contributed by atoms with Crippen LogP contribution in [0.3, 0.4) is 0 Å². The molecule has 0 bridgehead atoms. The quantitative estimate of drug-likeness (QED) is 0.936. The molecule has 1 unspecified atom stereocenters. The maximum atomic E-state index is 6.17. The molecule has 1 aromatic carbocycles. The third-order valence-corrected chi connectivity index (χ3v) is 3.96. The second kappa shape index (κ2) is 5.75. The number of nitrogen functional groups attached to an aromatic ring is 1. The molecule has 1 heterocycles. The van der Waals surface area contributed by atoms with Gasteiger partial charge in [0.2, 0.25) is 0 Å². The maximum absolute atomic E-state index is 6.17. The minimum absolute atomic E-state index is 0.191. The van der Waals surface area contributed by atoms with E-state index in [9.17, 15) is 0 Å². The standard InChI is InChI=1S/C15H21ClN4/c1-5-20-15(14(17)10(2)18-20)19(4)11(3)12-6-8-13(16)9-7-12/h6-9,11H,5,17H2,1-4H3. The fourth-order valence-corrected chi connectivity index (χ4v) is 2.45. The summed E-state index contributed by atoms with van der Waals surface area (Å²) in [6.07, 6.45) is 0. The third kappa shape index (κ3) is 2.61. The van der Waals surface area contributed by atoms with Crippen LogP contribution in [0, 0.1) is 6.92 Å². The predicted molar refractivity (Wildman–Crippen MR) is 85.3 cm³/mol. The van der Waals surface area contributed by atoms with Crippen molar-refractivity contribution in [3.05, 3.63) is 40.5 Å². The van der Waals surface area contributed by atoms with Gasteiger partial charge in [-0.05, 0) is 38.5 Å². The van der Waals surface area contributed by atoms with Crippen molar-refractivity contribution < 1.29 is 0 Å². The summed E-state index contributed by atoms with van der Waals surface area (Å²) in [5, 5.41) is 5.22. The second-order valence-corrected chi connectivity index (χ2v) is 5.41. The summed E-state index contributed by atoms with van der Waals surface area (Å²) >= 11 is 5.94. The number of nitrogens with two attached hydrogens (primary N) is 1. The van der Waals surface area contributed by atoms with Crippen molar-refractivity contribution in [1.29, 1.82) is 0 Å². The Kier molecular flexibility index (Phi) is 4.23. The van der Waals surface area contributed by atoms with Gasteiger partial charge in [0.05, 0.1) is 17.4 Å². The van der Waals surface area contributed by atoms with Crippen LogP contribution in [0.1, 0.15) is 31.1 Å². The first-order valence-corrected chi connectivity index (χ1v) is 7.14. The van der Waals surface area contributed by atoms with Gasteiger partial charge in [-0.25, -0.2) is 4.68 Å². The predicted octanol–water partition coefficient (Wildman–Crippen LogP) is 3.64. The van der Waals surface area contributed by atoms with Crippen LogP contribution in [-0.4, -0.2) is 16.8 Å². The van der Waals surface area contributed by atoms with Crippen molar-refractivity contribution in [3.63, 3.8) is 0 Å². The first-order chi connectivity index (χ1) is 9.45. The largest absolute Gasteiger partial charge is 0.394 e. The number of anilines is 2. The molecule has 0 saturated carbocycles. The Balaban J connectivity index is 2.35. The monoisotopic (exact) mass is 292 g/mol. The lowest BCUT2D eigenvalue weighted by atomic mass is 10.1. The lowest BCUT2D eigenvalue weighted by molar-refractivity contribution is 0.619. The molecule has 0 amide bonds. The van der Waals surface area contributed by atoms with Crippen molar-refractivity contribution >= 4 is 23.1 Å². The van der Waals surface area contributed by atoms with E-state index in [4.69, 9.17) is 17.3 Å².